The first-order chi connectivity index (χ1) is 17.2. The van der Waals surface area contributed by atoms with Crippen LogP contribution in [0.25, 0.3) is 28.1 Å². The summed E-state index contributed by atoms with van der Waals surface area (Å²) in [6, 6.07) is 11.6. The number of pyridine rings is 2. The summed E-state index contributed by atoms with van der Waals surface area (Å²) in [5.41, 5.74) is 8.18. The van der Waals surface area contributed by atoms with E-state index in [1.54, 1.807) is 52.9 Å². The van der Waals surface area contributed by atoms with Crippen molar-refractivity contribution in [3.05, 3.63) is 60.0 Å². The summed E-state index contributed by atoms with van der Waals surface area (Å²) in [5.74, 6) is 0.910. The molecule has 1 fully saturated rings. The maximum Gasteiger partial charge on any atom is 0.418 e. The van der Waals surface area contributed by atoms with Crippen LogP contribution in [0.2, 0.25) is 0 Å². The highest BCUT2D eigenvalue weighted by atomic mass is 19.4. The van der Waals surface area contributed by atoms with Crippen molar-refractivity contribution in [2.45, 2.75) is 26.9 Å². The number of nitrogens with zero attached hydrogens (tertiary/aromatic N) is 6. The number of anilines is 2. The lowest BCUT2D eigenvalue weighted by Gasteiger charge is -2.35. The summed E-state index contributed by atoms with van der Waals surface area (Å²) < 4.78 is 44.1. The molecule has 36 heavy (non-hydrogen) atoms. The topological polar surface area (TPSA) is 76.1 Å². The molecule has 0 bridgehead atoms. The molecule has 1 aromatic carbocycles. The van der Waals surface area contributed by atoms with Gasteiger partial charge in [0.15, 0.2) is 5.65 Å². The van der Waals surface area contributed by atoms with Crippen LogP contribution in [0.15, 0.2) is 48.7 Å². The van der Waals surface area contributed by atoms with E-state index < -0.39 is 11.7 Å². The van der Waals surface area contributed by atoms with Gasteiger partial charge >= 0.3 is 6.18 Å². The van der Waals surface area contributed by atoms with Crippen LogP contribution in [0.3, 0.4) is 0 Å². The van der Waals surface area contributed by atoms with Crippen LogP contribution in [-0.4, -0.2) is 57.6 Å². The molecule has 7 nitrogen and oxygen atoms in total. The minimum atomic E-state index is -4.49. The van der Waals surface area contributed by atoms with Crippen molar-refractivity contribution in [3.8, 4) is 16.9 Å². The fourth-order valence-electron chi connectivity index (χ4n) is 4.36. The van der Waals surface area contributed by atoms with Crippen molar-refractivity contribution in [2.24, 2.45) is 0 Å². The lowest BCUT2D eigenvalue weighted by Crippen LogP contribution is -2.45. The van der Waals surface area contributed by atoms with E-state index in [4.69, 9.17) is 10.7 Å². The zero-order chi connectivity index (χ0) is 26.0. The number of aryl methyl sites for hydroxylation is 1. The molecule has 190 valence electrons. The average molecular weight is 498 g/mol. The molecule has 4 aromatic rings. The molecule has 4 heterocycles. The van der Waals surface area contributed by atoms with Gasteiger partial charge in [-0.25, -0.2) is 15.0 Å². The van der Waals surface area contributed by atoms with Gasteiger partial charge in [0.25, 0.3) is 0 Å². The zero-order valence-corrected chi connectivity index (χ0v) is 20.8. The van der Waals surface area contributed by atoms with Gasteiger partial charge in [-0.05, 0) is 56.4 Å². The van der Waals surface area contributed by atoms with Gasteiger partial charge in [0.2, 0.25) is 0 Å². The Morgan fingerprint density at radius 3 is 2.31 bits per heavy atom. The fourth-order valence-corrected chi connectivity index (χ4v) is 4.36. The van der Waals surface area contributed by atoms with E-state index in [1.165, 1.54) is 6.07 Å². The van der Waals surface area contributed by atoms with E-state index in [0.29, 0.717) is 47.3 Å². The Bertz CT molecular complexity index is 1360. The summed E-state index contributed by atoms with van der Waals surface area (Å²) in [5, 5.41) is 0. The minimum Gasteiger partial charge on any atom is -0.384 e. The first-order valence-corrected chi connectivity index (χ1v) is 11.9. The van der Waals surface area contributed by atoms with Crippen LogP contribution >= 0.6 is 0 Å². The Morgan fingerprint density at radius 2 is 1.64 bits per heavy atom. The molecule has 0 radical (unpaired) electrons. The molecule has 10 heteroatoms. The number of imidazole rings is 1. The molecule has 0 atom stereocenters. The van der Waals surface area contributed by atoms with E-state index in [-0.39, 0.29) is 5.69 Å². The first kappa shape index (κ1) is 25.4. The van der Waals surface area contributed by atoms with Crippen molar-refractivity contribution in [1.29, 1.82) is 0 Å². The van der Waals surface area contributed by atoms with Crippen molar-refractivity contribution in [2.75, 3.05) is 43.9 Å². The maximum atomic E-state index is 14.1. The van der Waals surface area contributed by atoms with Gasteiger partial charge in [-0.3, -0.25) is 4.57 Å². The molecular weight excluding hydrogens is 467 g/mol. The van der Waals surface area contributed by atoms with E-state index in [1.807, 2.05) is 27.0 Å². The predicted molar refractivity (Wildman–Crippen MR) is 137 cm³/mol. The fraction of sp³-hybridized carbons (Fsp3) is 0.346. The van der Waals surface area contributed by atoms with Crippen LogP contribution in [0.1, 0.15) is 25.2 Å². The van der Waals surface area contributed by atoms with E-state index in [9.17, 15) is 13.2 Å². The molecule has 0 saturated carbocycles. The number of hydrogen-bond donors (Lipinski definition) is 1. The van der Waals surface area contributed by atoms with Crippen LogP contribution in [-0.2, 0) is 6.18 Å². The predicted octanol–water partition coefficient (Wildman–Crippen LogP) is 5.17. The summed E-state index contributed by atoms with van der Waals surface area (Å²) in [6.07, 6.45) is -2.90. The van der Waals surface area contributed by atoms with Gasteiger partial charge in [-0.15, -0.1) is 0 Å². The van der Waals surface area contributed by atoms with Gasteiger partial charge < -0.3 is 15.5 Å². The number of rotatable bonds is 3. The second-order valence-electron chi connectivity index (χ2n) is 8.49. The number of nitrogens with two attached hydrogens (primary N) is 1. The molecule has 0 amide bonds. The summed E-state index contributed by atoms with van der Waals surface area (Å²) in [4.78, 5) is 17.1. The Hall–Kier alpha value is -3.66. The molecule has 1 saturated heterocycles. The van der Waals surface area contributed by atoms with Crippen molar-refractivity contribution in [1.82, 2.24) is 24.4 Å². The number of alkyl halides is 3. The molecule has 3 aromatic heterocycles. The molecule has 0 unspecified atom stereocenters. The maximum absolute atomic E-state index is 14.1. The summed E-state index contributed by atoms with van der Waals surface area (Å²) >= 11 is 0. The van der Waals surface area contributed by atoms with Crippen molar-refractivity contribution >= 4 is 22.7 Å². The third-order valence-corrected chi connectivity index (χ3v) is 6.14. The number of hydrogen-bond acceptors (Lipinski definition) is 6. The first-order valence-electron chi connectivity index (χ1n) is 11.9. The van der Waals surface area contributed by atoms with Crippen LogP contribution < -0.4 is 10.6 Å². The number of aromatic nitrogens is 4. The summed E-state index contributed by atoms with van der Waals surface area (Å²) in [6.45, 7) is 8.29. The summed E-state index contributed by atoms with van der Waals surface area (Å²) in [7, 11) is 1.97. The van der Waals surface area contributed by atoms with Crippen molar-refractivity contribution < 1.29 is 13.2 Å². The van der Waals surface area contributed by atoms with Crippen molar-refractivity contribution in [3.63, 3.8) is 0 Å². The Labute approximate surface area is 208 Å². The Morgan fingerprint density at radius 1 is 0.917 bits per heavy atom. The zero-order valence-electron chi connectivity index (χ0n) is 20.8. The van der Waals surface area contributed by atoms with Crippen LogP contribution in [0, 0.1) is 6.92 Å². The third kappa shape index (κ3) is 4.99. The number of benzene rings is 1. The van der Waals surface area contributed by atoms with E-state index in [0.717, 1.165) is 18.7 Å². The molecule has 1 aliphatic heterocycles. The van der Waals surface area contributed by atoms with Gasteiger partial charge in [-0.2, -0.15) is 13.2 Å². The molecule has 2 N–H and O–H groups in total. The number of fused-ring (bicyclic) bond motifs is 1. The number of halogens is 3. The second kappa shape index (κ2) is 10.1. The molecule has 1 aliphatic rings. The highest BCUT2D eigenvalue weighted by Crippen LogP contribution is 2.39. The van der Waals surface area contributed by atoms with E-state index >= 15 is 0 Å². The lowest BCUT2D eigenvalue weighted by molar-refractivity contribution is -0.137. The normalized spacial score (nSPS) is 14.6. The van der Waals surface area contributed by atoms with E-state index in [2.05, 4.69) is 14.9 Å². The second-order valence-corrected chi connectivity index (χ2v) is 8.49. The number of nitrogen functional groups attached to an aromatic ring is 1. The highest BCUT2D eigenvalue weighted by Gasteiger charge is 2.36. The van der Waals surface area contributed by atoms with Gasteiger partial charge in [0.05, 0.1) is 11.3 Å². The minimum absolute atomic E-state index is 0.201. The third-order valence-electron chi connectivity index (χ3n) is 6.14. The lowest BCUT2D eigenvalue weighted by atomic mass is 10.1. The smallest absolute Gasteiger partial charge is 0.384 e. The Balaban J connectivity index is 0.00000148. The van der Waals surface area contributed by atoms with Gasteiger partial charge in [0.1, 0.15) is 17.2 Å². The Kier molecular flexibility index (Phi) is 7.16. The number of likely N-dealkylation sites (N-methyl/N-ethyl adjacent to an activating group) is 1. The standard InChI is InChI=1S/C24H24F3N7.C2H6/c1-15-30-20-5-4-19(16-7-8-29-22(28)13-16)31-23(20)34(15)17-3-6-21(18(14-17)24(25,26)27)33-11-9-32(2)10-12-33;1-2/h3-8,13-14H,9-12H2,1-2H3,(H2,28,29);1-2H3. The van der Waals surface area contributed by atoms with Gasteiger partial charge in [0, 0.05) is 49.3 Å². The van der Waals surface area contributed by atoms with Crippen LogP contribution in [0.5, 0.6) is 0 Å². The largest absolute Gasteiger partial charge is 0.418 e. The molecular formula is C26H30F3N7. The molecule has 0 aliphatic carbocycles. The average Bonchev–Trinajstić information content (AvgIpc) is 3.20. The number of piperazine rings is 1. The van der Waals surface area contributed by atoms with Crippen LogP contribution in [0.4, 0.5) is 24.7 Å². The quantitative estimate of drug-likeness (QED) is 0.421. The van der Waals surface area contributed by atoms with Gasteiger partial charge in [-0.1, -0.05) is 13.8 Å². The molecule has 0 spiro atoms. The SMILES string of the molecule is CC.Cc1nc2ccc(-c3ccnc(N)c3)nc2n1-c1ccc(N2CCN(C)CC2)c(C(F)(F)F)c1. The monoisotopic (exact) mass is 497 g/mol. The highest BCUT2D eigenvalue weighted by molar-refractivity contribution is 5.78. The molecule has 5 rings (SSSR count).